The topological polar surface area (TPSA) is 42.2 Å². The monoisotopic (exact) mass is 327 g/mol. The molecule has 0 atom stereocenters. The molecule has 1 aromatic heterocycles. The van der Waals surface area contributed by atoms with Gasteiger partial charge < -0.3 is 9.73 Å². The molecule has 118 valence electrons. The normalized spacial score (nSPS) is 10.9. The molecule has 23 heavy (non-hydrogen) atoms. The van der Waals surface area contributed by atoms with Crippen molar-refractivity contribution in [1.29, 1.82) is 0 Å². The summed E-state index contributed by atoms with van der Waals surface area (Å²) in [5.41, 5.74) is 4.04. The molecule has 3 rings (SSSR count). The van der Waals surface area contributed by atoms with Gasteiger partial charge in [0, 0.05) is 22.5 Å². The fraction of sp³-hybridized carbons (Fsp3) is 0.211. The highest BCUT2D eigenvalue weighted by Crippen LogP contribution is 2.22. The van der Waals surface area contributed by atoms with Crippen molar-refractivity contribution in [3.63, 3.8) is 0 Å². The smallest absolute Gasteiger partial charge is 0.224 e. The van der Waals surface area contributed by atoms with Crippen LogP contribution in [0.4, 0.5) is 0 Å². The molecule has 0 saturated carbocycles. The number of amides is 1. The molecule has 0 fully saturated rings. The SMILES string of the molecule is Cc1ccc2c(CC(=O)NCCc3ccc(Cl)cc3)coc2c1. The molecule has 1 amide bonds. The van der Waals surface area contributed by atoms with Crippen LogP contribution in [0, 0.1) is 6.92 Å². The number of furan rings is 1. The maximum absolute atomic E-state index is 12.1. The van der Waals surface area contributed by atoms with Crippen LogP contribution in [0.25, 0.3) is 11.0 Å². The molecule has 0 aliphatic heterocycles. The first kappa shape index (κ1) is 15.6. The fourth-order valence-corrected chi connectivity index (χ4v) is 2.69. The average molecular weight is 328 g/mol. The summed E-state index contributed by atoms with van der Waals surface area (Å²) in [6, 6.07) is 13.7. The van der Waals surface area contributed by atoms with E-state index in [-0.39, 0.29) is 5.91 Å². The number of benzene rings is 2. The minimum Gasteiger partial charge on any atom is -0.464 e. The quantitative estimate of drug-likeness (QED) is 0.759. The van der Waals surface area contributed by atoms with Crippen molar-refractivity contribution in [3.8, 4) is 0 Å². The molecule has 0 bridgehead atoms. The zero-order valence-electron chi connectivity index (χ0n) is 12.9. The van der Waals surface area contributed by atoms with Gasteiger partial charge in [-0.1, -0.05) is 35.9 Å². The van der Waals surface area contributed by atoms with Crippen molar-refractivity contribution in [2.24, 2.45) is 0 Å². The van der Waals surface area contributed by atoms with E-state index in [0.29, 0.717) is 13.0 Å². The second-order valence-corrected chi connectivity index (χ2v) is 6.10. The zero-order chi connectivity index (χ0) is 16.2. The van der Waals surface area contributed by atoms with Gasteiger partial charge in [0.15, 0.2) is 0 Å². The summed E-state index contributed by atoms with van der Waals surface area (Å²) in [6.45, 7) is 2.63. The number of carbonyl (C=O) groups excluding carboxylic acids is 1. The van der Waals surface area contributed by atoms with E-state index in [0.717, 1.165) is 39.1 Å². The molecule has 0 radical (unpaired) electrons. The van der Waals surface area contributed by atoms with Crippen molar-refractivity contribution in [1.82, 2.24) is 5.32 Å². The lowest BCUT2D eigenvalue weighted by molar-refractivity contribution is -0.120. The Morgan fingerprint density at radius 1 is 1.17 bits per heavy atom. The Labute approximate surface area is 140 Å². The van der Waals surface area contributed by atoms with E-state index in [1.807, 2.05) is 49.4 Å². The Hall–Kier alpha value is -2.26. The minimum atomic E-state index is 0.00207. The first-order valence-corrected chi connectivity index (χ1v) is 7.97. The molecular weight excluding hydrogens is 310 g/mol. The van der Waals surface area contributed by atoms with Crippen LogP contribution in [-0.2, 0) is 17.6 Å². The molecule has 0 aliphatic rings. The van der Waals surface area contributed by atoms with Gasteiger partial charge in [-0.25, -0.2) is 0 Å². The van der Waals surface area contributed by atoms with Crippen LogP contribution >= 0.6 is 11.6 Å². The van der Waals surface area contributed by atoms with Crippen LogP contribution in [0.15, 0.2) is 53.1 Å². The number of hydrogen-bond donors (Lipinski definition) is 1. The van der Waals surface area contributed by atoms with Crippen molar-refractivity contribution < 1.29 is 9.21 Å². The largest absolute Gasteiger partial charge is 0.464 e. The van der Waals surface area contributed by atoms with E-state index in [4.69, 9.17) is 16.0 Å². The van der Waals surface area contributed by atoms with Gasteiger partial charge >= 0.3 is 0 Å². The van der Waals surface area contributed by atoms with Gasteiger partial charge in [0.2, 0.25) is 5.91 Å². The molecule has 3 aromatic rings. The van der Waals surface area contributed by atoms with E-state index in [1.54, 1.807) is 6.26 Å². The van der Waals surface area contributed by atoms with Crippen LogP contribution in [0.1, 0.15) is 16.7 Å². The third kappa shape index (κ3) is 3.93. The Morgan fingerprint density at radius 2 is 1.96 bits per heavy atom. The lowest BCUT2D eigenvalue weighted by atomic mass is 10.1. The predicted octanol–water partition coefficient (Wildman–Crippen LogP) is 4.30. The fourth-order valence-electron chi connectivity index (χ4n) is 2.56. The summed E-state index contributed by atoms with van der Waals surface area (Å²) in [5.74, 6) is 0.00207. The Balaban J connectivity index is 1.55. The molecule has 4 heteroatoms. The molecule has 0 spiro atoms. The predicted molar refractivity (Wildman–Crippen MR) is 92.8 cm³/mol. The third-order valence-electron chi connectivity index (χ3n) is 3.81. The van der Waals surface area contributed by atoms with Gasteiger partial charge in [-0.05, 0) is 42.7 Å². The molecule has 0 aliphatic carbocycles. The van der Waals surface area contributed by atoms with Crippen molar-refractivity contribution in [2.75, 3.05) is 6.54 Å². The van der Waals surface area contributed by atoms with Gasteiger partial charge in [-0.15, -0.1) is 0 Å². The zero-order valence-corrected chi connectivity index (χ0v) is 13.7. The van der Waals surface area contributed by atoms with Crippen LogP contribution in [0.5, 0.6) is 0 Å². The molecule has 1 heterocycles. The number of carbonyl (C=O) groups is 1. The van der Waals surface area contributed by atoms with Crippen molar-refractivity contribution >= 4 is 28.5 Å². The highest BCUT2D eigenvalue weighted by molar-refractivity contribution is 6.30. The highest BCUT2D eigenvalue weighted by Gasteiger charge is 2.10. The summed E-state index contributed by atoms with van der Waals surface area (Å²) in [4.78, 5) is 12.1. The summed E-state index contributed by atoms with van der Waals surface area (Å²) in [7, 11) is 0. The summed E-state index contributed by atoms with van der Waals surface area (Å²) in [6.07, 6.45) is 2.79. The number of fused-ring (bicyclic) bond motifs is 1. The van der Waals surface area contributed by atoms with Gasteiger partial charge in [0.25, 0.3) is 0 Å². The first-order chi connectivity index (χ1) is 11.1. The molecule has 2 aromatic carbocycles. The molecule has 3 nitrogen and oxygen atoms in total. The van der Waals surface area contributed by atoms with E-state index in [1.165, 1.54) is 0 Å². The molecule has 1 N–H and O–H groups in total. The van der Waals surface area contributed by atoms with E-state index in [2.05, 4.69) is 5.32 Å². The summed E-state index contributed by atoms with van der Waals surface area (Å²) >= 11 is 5.85. The van der Waals surface area contributed by atoms with Crippen LogP contribution in [0.2, 0.25) is 5.02 Å². The number of aryl methyl sites for hydroxylation is 1. The Kier molecular flexibility index (Phi) is 4.68. The Bertz CT molecular complexity index is 821. The summed E-state index contributed by atoms with van der Waals surface area (Å²) < 4.78 is 5.52. The maximum atomic E-state index is 12.1. The standard InChI is InChI=1S/C19H18ClNO2/c1-13-2-7-17-15(12-23-18(17)10-13)11-19(22)21-9-8-14-3-5-16(20)6-4-14/h2-7,10,12H,8-9,11H2,1H3,(H,21,22). The van der Waals surface area contributed by atoms with Gasteiger partial charge in [0.1, 0.15) is 5.58 Å². The number of nitrogens with one attached hydrogen (secondary N) is 1. The average Bonchev–Trinajstić information content (AvgIpc) is 2.91. The molecule has 0 saturated heterocycles. The second kappa shape index (κ2) is 6.88. The number of halogens is 1. The third-order valence-corrected chi connectivity index (χ3v) is 4.06. The molecular formula is C19H18ClNO2. The van der Waals surface area contributed by atoms with E-state index in [9.17, 15) is 4.79 Å². The van der Waals surface area contributed by atoms with Gasteiger partial charge in [0.05, 0.1) is 12.7 Å². The summed E-state index contributed by atoms with van der Waals surface area (Å²) in [5, 5.41) is 4.67. The lowest BCUT2D eigenvalue weighted by Crippen LogP contribution is -2.27. The Morgan fingerprint density at radius 3 is 2.74 bits per heavy atom. The maximum Gasteiger partial charge on any atom is 0.224 e. The highest BCUT2D eigenvalue weighted by atomic mass is 35.5. The first-order valence-electron chi connectivity index (χ1n) is 7.60. The van der Waals surface area contributed by atoms with Crippen LogP contribution < -0.4 is 5.32 Å². The van der Waals surface area contributed by atoms with Crippen molar-refractivity contribution in [2.45, 2.75) is 19.8 Å². The van der Waals surface area contributed by atoms with E-state index < -0.39 is 0 Å². The number of hydrogen-bond acceptors (Lipinski definition) is 2. The van der Waals surface area contributed by atoms with Crippen molar-refractivity contribution in [3.05, 3.63) is 70.4 Å². The van der Waals surface area contributed by atoms with Gasteiger partial charge in [-0.3, -0.25) is 4.79 Å². The van der Waals surface area contributed by atoms with Crippen LogP contribution in [-0.4, -0.2) is 12.5 Å². The lowest BCUT2D eigenvalue weighted by Gasteiger charge is -2.05. The number of rotatable bonds is 5. The van der Waals surface area contributed by atoms with E-state index >= 15 is 0 Å². The minimum absolute atomic E-state index is 0.00207. The van der Waals surface area contributed by atoms with Gasteiger partial charge in [-0.2, -0.15) is 0 Å². The molecule has 0 unspecified atom stereocenters. The van der Waals surface area contributed by atoms with Crippen LogP contribution in [0.3, 0.4) is 0 Å². The second-order valence-electron chi connectivity index (χ2n) is 5.66.